The molecule has 0 saturated heterocycles. The van der Waals surface area contributed by atoms with Crippen LogP contribution in [-0.4, -0.2) is 14.4 Å². The maximum atomic E-state index is 4.09. The van der Waals surface area contributed by atoms with Crippen molar-refractivity contribution in [3.8, 4) is 0 Å². The quantitative estimate of drug-likeness (QED) is 0.553. The van der Waals surface area contributed by atoms with E-state index in [9.17, 15) is 0 Å². The van der Waals surface area contributed by atoms with E-state index < -0.39 is 0 Å². The second-order valence-electron chi connectivity index (χ2n) is 2.02. The van der Waals surface area contributed by atoms with Gasteiger partial charge in [0.05, 0.1) is 6.20 Å². The third-order valence-corrected chi connectivity index (χ3v) is 1.44. The lowest BCUT2D eigenvalue weighted by atomic mass is 10.7. The zero-order valence-corrected chi connectivity index (χ0v) is 5.13. The first-order valence-corrected chi connectivity index (χ1v) is 2.85. The van der Waals surface area contributed by atoms with Crippen molar-refractivity contribution in [3.05, 3.63) is 24.4 Å². The predicted molar refractivity (Wildman–Crippen MR) is 34.3 cm³/mol. The summed E-state index contributed by atoms with van der Waals surface area (Å²) >= 11 is 0. The van der Waals surface area contributed by atoms with Crippen LogP contribution in [0.2, 0.25) is 0 Å². The second-order valence-corrected chi connectivity index (χ2v) is 2.02. The highest BCUT2D eigenvalue weighted by molar-refractivity contribution is 5.36. The van der Waals surface area contributed by atoms with Crippen LogP contribution < -0.4 is 0 Å². The van der Waals surface area contributed by atoms with Crippen LogP contribution in [0.25, 0.3) is 5.65 Å². The van der Waals surface area contributed by atoms with E-state index in [1.165, 1.54) is 0 Å². The molecule has 0 aromatic carbocycles. The minimum atomic E-state index is 1.02. The van der Waals surface area contributed by atoms with Crippen molar-refractivity contribution < 1.29 is 0 Å². The number of hydrogen-bond acceptors (Lipinski definition) is 1. The fraction of sp³-hybridized carbons (Fsp3) is 0.167. The van der Waals surface area contributed by atoms with E-state index in [1.807, 2.05) is 29.9 Å². The van der Waals surface area contributed by atoms with Gasteiger partial charge in [0.1, 0.15) is 11.5 Å². The van der Waals surface area contributed by atoms with Gasteiger partial charge in [0, 0.05) is 12.4 Å². The summed E-state index contributed by atoms with van der Waals surface area (Å²) in [5, 5.41) is 0. The molecule has 0 atom stereocenters. The molecule has 0 bridgehead atoms. The third kappa shape index (κ3) is 0.483. The normalized spacial score (nSPS) is 10.8. The molecule has 0 amide bonds. The molecule has 0 spiro atoms. The average molecular weight is 121 g/mol. The summed E-state index contributed by atoms with van der Waals surface area (Å²) in [5.41, 5.74) is 1.05. The van der Waals surface area contributed by atoms with E-state index in [2.05, 4.69) is 9.97 Å². The van der Waals surface area contributed by atoms with Crippen molar-refractivity contribution in [1.29, 1.82) is 0 Å². The van der Waals surface area contributed by atoms with Crippen molar-refractivity contribution in [2.45, 2.75) is 6.92 Å². The highest BCUT2D eigenvalue weighted by atomic mass is 15.1. The van der Waals surface area contributed by atoms with Gasteiger partial charge in [-0.2, -0.15) is 0 Å². The molecule has 0 radical (unpaired) electrons. The highest BCUT2D eigenvalue weighted by Gasteiger charge is 1.94. The monoisotopic (exact) mass is 121 g/mol. The Morgan fingerprint density at radius 2 is 2.56 bits per heavy atom. The largest absolute Gasteiger partial charge is 0.345 e. The van der Waals surface area contributed by atoms with Crippen LogP contribution in [0, 0.1) is 6.92 Å². The molecule has 2 heterocycles. The van der Waals surface area contributed by atoms with Crippen LogP contribution in [0.1, 0.15) is 5.82 Å². The Bertz CT molecular complexity index is 317. The summed E-state index contributed by atoms with van der Waals surface area (Å²) in [7, 11) is 0. The van der Waals surface area contributed by atoms with Crippen molar-refractivity contribution in [2.24, 2.45) is 0 Å². The number of nitrogens with one attached hydrogen (secondary N) is 1. The summed E-state index contributed by atoms with van der Waals surface area (Å²) in [6.45, 7) is 1.97. The maximum Gasteiger partial charge on any atom is 0.134 e. The topological polar surface area (TPSA) is 33.1 Å². The van der Waals surface area contributed by atoms with E-state index in [-0.39, 0.29) is 0 Å². The summed E-state index contributed by atoms with van der Waals surface area (Å²) in [5.74, 6) is 1.02. The van der Waals surface area contributed by atoms with Gasteiger partial charge in [0.25, 0.3) is 0 Å². The first-order valence-electron chi connectivity index (χ1n) is 2.85. The minimum absolute atomic E-state index is 1.02. The van der Waals surface area contributed by atoms with Crippen LogP contribution in [0.15, 0.2) is 18.6 Å². The number of imidazole rings is 2. The zero-order chi connectivity index (χ0) is 6.27. The van der Waals surface area contributed by atoms with Gasteiger partial charge in [-0.25, -0.2) is 4.98 Å². The van der Waals surface area contributed by atoms with E-state index >= 15 is 0 Å². The fourth-order valence-corrected chi connectivity index (χ4v) is 0.945. The van der Waals surface area contributed by atoms with E-state index in [1.54, 1.807) is 0 Å². The molecule has 2 aromatic rings. The van der Waals surface area contributed by atoms with Crippen molar-refractivity contribution in [2.75, 3.05) is 0 Å². The molecule has 0 aliphatic rings. The number of aryl methyl sites for hydroxylation is 1. The number of hydrogen-bond donors (Lipinski definition) is 1. The Morgan fingerprint density at radius 3 is 3.33 bits per heavy atom. The highest BCUT2D eigenvalue weighted by Crippen LogP contribution is 2.00. The van der Waals surface area contributed by atoms with Crippen LogP contribution in [0.5, 0.6) is 0 Å². The number of fused-ring (bicyclic) bond motifs is 1. The summed E-state index contributed by atoms with van der Waals surface area (Å²) in [6, 6.07) is 0. The summed E-state index contributed by atoms with van der Waals surface area (Å²) < 4.78 is 2.00. The Labute approximate surface area is 52.3 Å². The molecule has 0 fully saturated rings. The number of H-pyrrole nitrogens is 1. The molecule has 1 N–H and O–H groups in total. The summed E-state index contributed by atoms with van der Waals surface area (Å²) in [4.78, 5) is 7.13. The number of aromatic amines is 1. The number of nitrogens with zero attached hydrogens (tertiary/aromatic N) is 2. The van der Waals surface area contributed by atoms with E-state index in [0.717, 1.165) is 11.5 Å². The average Bonchev–Trinajstić information content (AvgIpc) is 2.35. The van der Waals surface area contributed by atoms with Crippen LogP contribution in [0.3, 0.4) is 0 Å². The molecule has 0 aliphatic heterocycles. The SMILES string of the molecule is Cc1ncc2[nH]ccn12. The first kappa shape index (κ1) is 4.61. The fourth-order valence-electron chi connectivity index (χ4n) is 0.945. The van der Waals surface area contributed by atoms with Gasteiger partial charge >= 0.3 is 0 Å². The van der Waals surface area contributed by atoms with E-state index in [4.69, 9.17) is 0 Å². The molecule has 3 heteroatoms. The lowest BCUT2D eigenvalue weighted by Gasteiger charge is -1.81. The lowest BCUT2D eigenvalue weighted by molar-refractivity contribution is 1.06. The van der Waals surface area contributed by atoms with Crippen LogP contribution in [0.4, 0.5) is 0 Å². The van der Waals surface area contributed by atoms with Gasteiger partial charge in [-0.1, -0.05) is 0 Å². The van der Waals surface area contributed by atoms with Crippen LogP contribution in [-0.2, 0) is 0 Å². The van der Waals surface area contributed by atoms with Gasteiger partial charge in [-0.05, 0) is 6.92 Å². The number of aromatic nitrogens is 3. The molecule has 9 heavy (non-hydrogen) atoms. The zero-order valence-electron chi connectivity index (χ0n) is 5.13. The van der Waals surface area contributed by atoms with Gasteiger partial charge < -0.3 is 4.98 Å². The Hall–Kier alpha value is -1.25. The van der Waals surface area contributed by atoms with Crippen molar-refractivity contribution >= 4 is 5.65 Å². The molecule has 0 saturated carbocycles. The van der Waals surface area contributed by atoms with Crippen LogP contribution >= 0.6 is 0 Å². The van der Waals surface area contributed by atoms with Gasteiger partial charge in [-0.3, -0.25) is 4.40 Å². The number of rotatable bonds is 0. The molecule has 3 nitrogen and oxygen atoms in total. The van der Waals surface area contributed by atoms with Crippen molar-refractivity contribution in [1.82, 2.24) is 14.4 Å². The Kier molecular flexibility index (Phi) is 0.704. The summed E-state index contributed by atoms with van der Waals surface area (Å²) in [6.07, 6.45) is 5.66. The predicted octanol–water partition coefficient (Wildman–Crippen LogP) is 0.971. The smallest absolute Gasteiger partial charge is 0.134 e. The van der Waals surface area contributed by atoms with E-state index in [0.29, 0.717) is 0 Å². The molecular formula is C6H7N3. The van der Waals surface area contributed by atoms with Gasteiger partial charge in [0.15, 0.2) is 0 Å². The second kappa shape index (κ2) is 1.37. The first-order chi connectivity index (χ1) is 4.38. The lowest BCUT2D eigenvalue weighted by Crippen LogP contribution is -1.79. The molecule has 2 aromatic heterocycles. The Balaban J connectivity index is 2.99. The molecule has 46 valence electrons. The molecular weight excluding hydrogens is 114 g/mol. The maximum absolute atomic E-state index is 4.09. The minimum Gasteiger partial charge on any atom is -0.345 e. The molecule has 0 unspecified atom stereocenters. The molecule has 2 rings (SSSR count). The molecule has 0 aliphatic carbocycles. The standard InChI is InChI=1S/C6H7N3/c1-5-8-4-6-7-2-3-9(5)6/h2-4,7H,1H3. The van der Waals surface area contributed by atoms with Crippen molar-refractivity contribution in [3.63, 3.8) is 0 Å². The third-order valence-electron chi connectivity index (χ3n) is 1.44. The Morgan fingerprint density at radius 1 is 1.67 bits per heavy atom. The van der Waals surface area contributed by atoms with Gasteiger partial charge in [0.2, 0.25) is 0 Å². The van der Waals surface area contributed by atoms with Gasteiger partial charge in [-0.15, -0.1) is 0 Å².